The van der Waals surface area contributed by atoms with Crippen LogP contribution in [0.1, 0.15) is 6.42 Å². The minimum atomic E-state index is -0.841. The highest BCUT2D eigenvalue weighted by Crippen LogP contribution is 2.23. The summed E-state index contributed by atoms with van der Waals surface area (Å²) in [5, 5.41) is 11.7. The summed E-state index contributed by atoms with van der Waals surface area (Å²) in [6.07, 6.45) is 0.511. The van der Waals surface area contributed by atoms with Gasteiger partial charge < -0.3 is 15.3 Å². The number of carboxylic acid groups (broad SMARTS) is 1. The van der Waals surface area contributed by atoms with Crippen LogP contribution in [0, 0.1) is 5.92 Å². The lowest BCUT2D eigenvalue weighted by molar-refractivity contribution is -0.141. The summed E-state index contributed by atoms with van der Waals surface area (Å²) in [5.74, 6) is -1.30. The maximum atomic E-state index is 12.1. The first-order chi connectivity index (χ1) is 9.63. The average molecular weight is 291 g/mol. The summed E-state index contributed by atoms with van der Waals surface area (Å²) in [7, 11) is 0. The van der Waals surface area contributed by atoms with E-state index in [4.69, 9.17) is 5.11 Å². The molecule has 20 heavy (non-hydrogen) atoms. The summed E-state index contributed by atoms with van der Waals surface area (Å²) in [4.78, 5) is 28.7. The molecule has 3 rings (SSSR count). The van der Waals surface area contributed by atoms with Gasteiger partial charge in [-0.25, -0.2) is 9.78 Å². The minimum Gasteiger partial charge on any atom is -0.481 e. The number of rotatable bonds is 2. The van der Waals surface area contributed by atoms with Crippen LogP contribution in [-0.2, 0) is 4.79 Å². The Kier molecular flexibility index (Phi) is 3.27. The van der Waals surface area contributed by atoms with Gasteiger partial charge in [0.2, 0.25) is 0 Å². The van der Waals surface area contributed by atoms with E-state index in [0.717, 1.165) is 10.2 Å². The largest absolute Gasteiger partial charge is 0.481 e. The lowest BCUT2D eigenvalue weighted by Gasteiger charge is -2.16. The second-order valence-corrected chi connectivity index (χ2v) is 5.62. The fourth-order valence-electron chi connectivity index (χ4n) is 2.28. The first kappa shape index (κ1) is 12.9. The van der Waals surface area contributed by atoms with Crippen LogP contribution in [0.25, 0.3) is 10.2 Å². The zero-order valence-electron chi connectivity index (χ0n) is 10.6. The molecule has 2 amide bonds. The minimum absolute atomic E-state index is 0.252. The van der Waals surface area contributed by atoms with Crippen LogP contribution in [-0.4, -0.2) is 40.1 Å². The molecule has 1 saturated heterocycles. The Bertz CT molecular complexity index is 670. The fourth-order valence-corrected chi connectivity index (χ4v) is 3.00. The van der Waals surface area contributed by atoms with Crippen LogP contribution in [0.3, 0.4) is 0 Å². The van der Waals surface area contributed by atoms with Gasteiger partial charge in [0.1, 0.15) is 0 Å². The first-order valence-electron chi connectivity index (χ1n) is 6.25. The Hall–Kier alpha value is -2.15. The van der Waals surface area contributed by atoms with Gasteiger partial charge in [-0.3, -0.25) is 4.79 Å². The molecular formula is C13H13N3O3S. The third kappa shape index (κ3) is 2.44. The molecule has 0 radical (unpaired) electrons. The molecule has 0 aliphatic carbocycles. The van der Waals surface area contributed by atoms with Gasteiger partial charge in [-0.2, -0.15) is 0 Å². The summed E-state index contributed by atoms with van der Waals surface area (Å²) in [6.45, 7) is 0.746. The smallest absolute Gasteiger partial charge is 0.321 e. The Morgan fingerprint density at radius 2 is 2.30 bits per heavy atom. The monoisotopic (exact) mass is 291 g/mol. The number of amides is 2. The van der Waals surface area contributed by atoms with E-state index in [1.165, 1.54) is 16.2 Å². The molecule has 6 nitrogen and oxygen atoms in total. The maximum Gasteiger partial charge on any atom is 0.321 e. The Balaban J connectivity index is 1.68. The lowest BCUT2D eigenvalue weighted by Crippen LogP contribution is -2.33. The summed E-state index contributed by atoms with van der Waals surface area (Å²) < 4.78 is 1.01. The molecule has 2 N–H and O–H groups in total. The number of hydrogen-bond donors (Lipinski definition) is 2. The summed E-state index contributed by atoms with van der Waals surface area (Å²) in [6, 6.07) is 5.27. The maximum absolute atomic E-state index is 12.1. The van der Waals surface area contributed by atoms with Crippen LogP contribution in [0.15, 0.2) is 23.7 Å². The Morgan fingerprint density at radius 3 is 3.05 bits per heavy atom. The second-order valence-electron chi connectivity index (χ2n) is 4.73. The number of carbonyl (C=O) groups excluding carboxylic acids is 1. The van der Waals surface area contributed by atoms with Crippen molar-refractivity contribution in [2.24, 2.45) is 5.92 Å². The highest BCUT2D eigenvalue weighted by Gasteiger charge is 2.30. The van der Waals surface area contributed by atoms with Crippen molar-refractivity contribution in [2.45, 2.75) is 6.42 Å². The standard InChI is InChI=1S/C13H13N3O3S/c17-12(18)8-3-4-16(6-8)13(19)15-9-1-2-10-11(5-9)20-7-14-10/h1-2,5,7-8H,3-4,6H2,(H,15,19)(H,17,18). The van der Waals surface area contributed by atoms with Crippen molar-refractivity contribution in [1.82, 2.24) is 9.88 Å². The normalized spacial score (nSPS) is 18.4. The number of thiazole rings is 1. The van der Waals surface area contributed by atoms with Gasteiger partial charge in [0.15, 0.2) is 0 Å². The second kappa shape index (κ2) is 5.09. The lowest BCUT2D eigenvalue weighted by atomic mass is 10.1. The van der Waals surface area contributed by atoms with Gasteiger partial charge >= 0.3 is 12.0 Å². The molecule has 1 aliphatic rings. The number of hydrogen-bond acceptors (Lipinski definition) is 4. The molecule has 0 saturated carbocycles. The van der Waals surface area contributed by atoms with Gasteiger partial charge in [0.05, 0.1) is 21.6 Å². The number of carboxylic acids is 1. The van der Waals surface area contributed by atoms with E-state index in [9.17, 15) is 9.59 Å². The third-order valence-corrected chi connectivity index (χ3v) is 4.20. The highest BCUT2D eigenvalue weighted by molar-refractivity contribution is 7.16. The van der Waals surface area contributed by atoms with Gasteiger partial charge in [0.25, 0.3) is 0 Å². The first-order valence-corrected chi connectivity index (χ1v) is 7.13. The number of aromatic nitrogens is 1. The van der Waals surface area contributed by atoms with E-state index >= 15 is 0 Å². The molecule has 0 spiro atoms. The molecule has 1 atom stereocenters. The number of carbonyl (C=O) groups is 2. The number of nitrogens with one attached hydrogen (secondary N) is 1. The molecule has 0 bridgehead atoms. The van der Waals surface area contributed by atoms with Crippen LogP contribution in [0.4, 0.5) is 10.5 Å². The average Bonchev–Trinajstić information content (AvgIpc) is 3.07. The zero-order chi connectivity index (χ0) is 14.1. The summed E-state index contributed by atoms with van der Waals surface area (Å²) in [5.41, 5.74) is 3.36. The number of anilines is 1. The molecule has 2 aromatic rings. The van der Waals surface area contributed by atoms with Crippen LogP contribution in [0.5, 0.6) is 0 Å². The molecule has 1 fully saturated rings. The number of aliphatic carboxylic acids is 1. The molecule has 1 unspecified atom stereocenters. The van der Waals surface area contributed by atoms with E-state index in [2.05, 4.69) is 10.3 Å². The van der Waals surface area contributed by atoms with Gasteiger partial charge in [-0.1, -0.05) is 0 Å². The molecular weight excluding hydrogens is 278 g/mol. The number of nitrogens with zero attached hydrogens (tertiary/aromatic N) is 2. The molecule has 104 valence electrons. The van der Waals surface area contributed by atoms with Crippen molar-refractivity contribution in [3.63, 3.8) is 0 Å². The van der Waals surface area contributed by atoms with Crippen molar-refractivity contribution in [2.75, 3.05) is 18.4 Å². The number of benzene rings is 1. The fraction of sp³-hybridized carbons (Fsp3) is 0.308. The van der Waals surface area contributed by atoms with Crippen molar-refractivity contribution in [3.8, 4) is 0 Å². The Labute approximate surface area is 119 Å². The number of urea groups is 1. The van der Waals surface area contributed by atoms with Crippen molar-refractivity contribution in [1.29, 1.82) is 0 Å². The van der Waals surface area contributed by atoms with E-state index in [0.29, 0.717) is 18.7 Å². The number of likely N-dealkylation sites (tertiary alicyclic amines) is 1. The van der Waals surface area contributed by atoms with Gasteiger partial charge in [-0.05, 0) is 24.6 Å². The quantitative estimate of drug-likeness (QED) is 0.889. The van der Waals surface area contributed by atoms with E-state index in [1.54, 1.807) is 11.6 Å². The zero-order valence-corrected chi connectivity index (χ0v) is 11.4. The predicted molar refractivity (Wildman–Crippen MR) is 76.0 cm³/mol. The third-order valence-electron chi connectivity index (χ3n) is 3.41. The van der Waals surface area contributed by atoms with Crippen LogP contribution in [0.2, 0.25) is 0 Å². The molecule has 7 heteroatoms. The SMILES string of the molecule is O=C(O)C1CCN(C(=O)Nc2ccc3ncsc3c2)C1. The molecule has 1 aliphatic heterocycles. The van der Waals surface area contributed by atoms with E-state index in [1.807, 2.05) is 12.1 Å². The molecule has 1 aromatic heterocycles. The molecule has 2 heterocycles. The predicted octanol–water partition coefficient (Wildman–Crippen LogP) is 2.23. The van der Waals surface area contributed by atoms with Crippen molar-refractivity contribution >= 4 is 39.2 Å². The van der Waals surface area contributed by atoms with E-state index < -0.39 is 11.9 Å². The van der Waals surface area contributed by atoms with Crippen molar-refractivity contribution in [3.05, 3.63) is 23.7 Å². The number of fused-ring (bicyclic) bond motifs is 1. The van der Waals surface area contributed by atoms with Crippen molar-refractivity contribution < 1.29 is 14.7 Å². The van der Waals surface area contributed by atoms with Gasteiger partial charge in [0, 0.05) is 18.8 Å². The van der Waals surface area contributed by atoms with Crippen LogP contribution >= 0.6 is 11.3 Å². The topological polar surface area (TPSA) is 82.5 Å². The molecule has 1 aromatic carbocycles. The Morgan fingerprint density at radius 1 is 1.45 bits per heavy atom. The highest BCUT2D eigenvalue weighted by atomic mass is 32.1. The van der Waals surface area contributed by atoms with Gasteiger partial charge in [-0.15, -0.1) is 11.3 Å². The van der Waals surface area contributed by atoms with Crippen LogP contribution < -0.4 is 5.32 Å². The van der Waals surface area contributed by atoms with E-state index in [-0.39, 0.29) is 12.6 Å². The summed E-state index contributed by atoms with van der Waals surface area (Å²) >= 11 is 1.51.